The first-order valence-corrected chi connectivity index (χ1v) is 7.04. The summed E-state index contributed by atoms with van der Waals surface area (Å²) in [7, 11) is 0.613. The van der Waals surface area contributed by atoms with E-state index in [4.69, 9.17) is 23.2 Å². The standard InChI is InChI=1S/C8H9BrCl2N2Si/c1-4(2)14-6-5(3-9)7(10)12-13-8(6)11/h4H,3H2,1-2H3. The zero-order valence-corrected chi connectivity index (χ0v) is 11.9. The fourth-order valence-electron chi connectivity index (χ4n) is 0.983. The number of alkyl halides is 1. The van der Waals surface area contributed by atoms with E-state index in [9.17, 15) is 0 Å². The van der Waals surface area contributed by atoms with Crippen LogP contribution < -0.4 is 5.19 Å². The Kier molecular flexibility index (Phi) is 4.83. The van der Waals surface area contributed by atoms with Gasteiger partial charge in [0.05, 0.1) is 9.52 Å². The third-order valence-corrected chi connectivity index (χ3v) is 4.24. The van der Waals surface area contributed by atoms with Crippen molar-refractivity contribution in [3.63, 3.8) is 0 Å². The maximum absolute atomic E-state index is 5.98. The zero-order valence-electron chi connectivity index (χ0n) is 7.81. The monoisotopic (exact) mass is 310 g/mol. The van der Waals surface area contributed by atoms with E-state index >= 15 is 0 Å². The van der Waals surface area contributed by atoms with Crippen LogP contribution in [0.3, 0.4) is 0 Å². The molecule has 0 aliphatic heterocycles. The van der Waals surface area contributed by atoms with Crippen LogP contribution in [0.25, 0.3) is 0 Å². The highest BCUT2D eigenvalue weighted by molar-refractivity contribution is 9.08. The molecule has 0 saturated heterocycles. The molecule has 14 heavy (non-hydrogen) atoms. The van der Waals surface area contributed by atoms with Crippen LogP contribution in [0.1, 0.15) is 19.4 Å². The second kappa shape index (κ2) is 5.44. The highest BCUT2D eigenvalue weighted by Gasteiger charge is 2.14. The third kappa shape index (κ3) is 2.92. The Morgan fingerprint density at radius 2 is 1.86 bits per heavy atom. The summed E-state index contributed by atoms with van der Waals surface area (Å²) in [5.41, 5.74) is 1.50. The Morgan fingerprint density at radius 3 is 2.36 bits per heavy atom. The van der Waals surface area contributed by atoms with E-state index in [2.05, 4.69) is 40.0 Å². The molecule has 0 unspecified atom stereocenters. The highest BCUT2D eigenvalue weighted by Crippen LogP contribution is 2.17. The Morgan fingerprint density at radius 1 is 1.29 bits per heavy atom. The van der Waals surface area contributed by atoms with Crippen molar-refractivity contribution in [3.05, 3.63) is 15.9 Å². The van der Waals surface area contributed by atoms with Gasteiger partial charge in [-0.1, -0.05) is 58.5 Å². The first-order chi connectivity index (χ1) is 6.56. The molecule has 6 heteroatoms. The molecule has 2 nitrogen and oxygen atoms in total. The minimum atomic E-state index is 0.439. The Balaban J connectivity index is 3.16. The Bertz CT molecular complexity index is 333. The van der Waals surface area contributed by atoms with Crippen molar-refractivity contribution in [1.82, 2.24) is 10.2 Å². The van der Waals surface area contributed by atoms with Crippen LogP contribution >= 0.6 is 39.1 Å². The summed E-state index contributed by atoms with van der Waals surface area (Å²) < 4.78 is 0. The van der Waals surface area contributed by atoms with E-state index in [1.807, 2.05) is 0 Å². The lowest BCUT2D eigenvalue weighted by Crippen LogP contribution is -2.24. The lowest BCUT2D eigenvalue weighted by Gasteiger charge is -2.10. The molecule has 1 rings (SSSR count). The molecule has 0 fully saturated rings. The molecule has 1 aromatic heterocycles. The van der Waals surface area contributed by atoms with E-state index in [0.29, 0.717) is 30.7 Å². The zero-order chi connectivity index (χ0) is 10.7. The molecule has 1 aromatic rings. The average Bonchev–Trinajstić information content (AvgIpc) is 2.11. The van der Waals surface area contributed by atoms with Gasteiger partial charge in [0.15, 0.2) is 10.3 Å². The average molecular weight is 312 g/mol. The predicted molar refractivity (Wildman–Crippen MR) is 65.2 cm³/mol. The van der Waals surface area contributed by atoms with E-state index in [-0.39, 0.29) is 0 Å². The molecule has 0 aliphatic rings. The summed E-state index contributed by atoms with van der Waals surface area (Å²) in [6, 6.07) is 0. The van der Waals surface area contributed by atoms with Crippen LogP contribution in [-0.2, 0) is 5.33 Å². The van der Waals surface area contributed by atoms with Crippen LogP contribution in [-0.4, -0.2) is 19.7 Å². The van der Waals surface area contributed by atoms with Gasteiger partial charge in [0.2, 0.25) is 0 Å². The van der Waals surface area contributed by atoms with E-state index in [1.165, 1.54) is 0 Å². The maximum Gasteiger partial charge on any atom is 0.155 e. The van der Waals surface area contributed by atoms with Crippen LogP contribution in [0.15, 0.2) is 0 Å². The molecule has 0 amide bonds. The number of hydrogen-bond acceptors (Lipinski definition) is 2. The molecule has 0 spiro atoms. The smallest absolute Gasteiger partial charge is 0.137 e. The quantitative estimate of drug-likeness (QED) is 0.633. The fraction of sp³-hybridized carbons (Fsp3) is 0.500. The van der Waals surface area contributed by atoms with Gasteiger partial charge in [-0.25, -0.2) is 0 Å². The predicted octanol–water partition coefficient (Wildman–Crippen LogP) is 2.84. The van der Waals surface area contributed by atoms with Crippen molar-refractivity contribution in [2.75, 3.05) is 0 Å². The fourth-order valence-corrected chi connectivity index (χ4v) is 3.67. The lowest BCUT2D eigenvalue weighted by atomic mass is 10.3. The van der Waals surface area contributed by atoms with E-state index in [1.54, 1.807) is 0 Å². The van der Waals surface area contributed by atoms with Crippen molar-refractivity contribution in [1.29, 1.82) is 0 Å². The molecule has 0 aromatic carbocycles. The molecule has 0 saturated carbocycles. The van der Waals surface area contributed by atoms with Gasteiger partial charge in [0.25, 0.3) is 0 Å². The van der Waals surface area contributed by atoms with E-state index < -0.39 is 0 Å². The summed E-state index contributed by atoms with van der Waals surface area (Å²) in [6.45, 7) is 4.28. The van der Waals surface area contributed by atoms with Crippen LogP contribution in [0.4, 0.5) is 0 Å². The van der Waals surface area contributed by atoms with Crippen LogP contribution in [0.2, 0.25) is 15.8 Å². The number of rotatable bonds is 3. The maximum atomic E-state index is 5.98. The molecule has 1 heterocycles. The van der Waals surface area contributed by atoms with Gasteiger partial charge >= 0.3 is 0 Å². The number of halogens is 3. The number of hydrogen-bond donors (Lipinski definition) is 0. The van der Waals surface area contributed by atoms with Gasteiger partial charge in [0, 0.05) is 10.9 Å². The van der Waals surface area contributed by atoms with Crippen molar-refractivity contribution in [2.24, 2.45) is 0 Å². The Hall–Kier alpha value is 0.357. The molecular formula is C8H9BrCl2N2Si. The van der Waals surface area contributed by atoms with Gasteiger partial charge in [-0.15, -0.1) is 10.2 Å². The van der Waals surface area contributed by atoms with Crippen molar-refractivity contribution in [2.45, 2.75) is 24.7 Å². The van der Waals surface area contributed by atoms with Gasteiger partial charge in [-0.05, 0) is 5.19 Å². The molecular weight excluding hydrogens is 303 g/mol. The largest absolute Gasteiger partial charge is 0.155 e. The minimum Gasteiger partial charge on any atom is -0.137 e. The summed E-state index contributed by atoms with van der Waals surface area (Å²) >= 11 is 15.3. The van der Waals surface area contributed by atoms with Crippen molar-refractivity contribution >= 4 is 53.8 Å². The first kappa shape index (κ1) is 12.4. The van der Waals surface area contributed by atoms with Crippen LogP contribution in [0, 0.1) is 0 Å². The number of nitrogens with zero attached hydrogens (tertiary/aromatic N) is 2. The minimum absolute atomic E-state index is 0.439. The molecule has 76 valence electrons. The molecule has 0 atom stereocenters. The van der Waals surface area contributed by atoms with Crippen LogP contribution in [0.5, 0.6) is 0 Å². The summed E-state index contributed by atoms with van der Waals surface area (Å²) in [4.78, 5) is 0. The highest BCUT2D eigenvalue weighted by atomic mass is 79.9. The van der Waals surface area contributed by atoms with Gasteiger partial charge in [0.1, 0.15) is 0 Å². The second-order valence-electron chi connectivity index (χ2n) is 3.07. The lowest BCUT2D eigenvalue weighted by molar-refractivity contribution is 1.02. The van der Waals surface area contributed by atoms with Gasteiger partial charge < -0.3 is 0 Å². The summed E-state index contributed by atoms with van der Waals surface area (Å²) in [5, 5.41) is 10.2. The Labute approximate surface area is 104 Å². The summed E-state index contributed by atoms with van der Waals surface area (Å²) in [5.74, 6) is 0. The summed E-state index contributed by atoms with van der Waals surface area (Å²) in [6.07, 6.45) is 0. The normalized spacial score (nSPS) is 11.0. The third-order valence-electron chi connectivity index (χ3n) is 1.55. The SMILES string of the molecule is CC(C)[Si]c1c(Cl)nnc(Cl)c1CBr. The molecule has 0 aliphatic carbocycles. The first-order valence-electron chi connectivity index (χ1n) is 4.09. The van der Waals surface area contributed by atoms with Crippen molar-refractivity contribution < 1.29 is 0 Å². The van der Waals surface area contributed by atoms with Crippen molar-refractivity contribution in [3.8, 4) is 0 Å². The van der Waals surface area contributed by atoms with Gasteiger partial charge in [-0.2, -0.15) is 0 Å². The molecule has 2 radical (unpaired) electrons. The number of aromatic nitrogens is 2. The second-order valence-corrected chi connectivity index (χ2v) is 6.29. The molecule has 0 bridgehead atoms. The van der Waals surface area contributed by atoms with E-state index in [0.717, 1.165) is 10.8 Å². The topological polar surface area (TPSA) is 25.8 Å². The van der Waals surface area contributed by atoms with Gasteiger partial charge in [-0.3, -0.25) is 0 Å². The molecule has 0 N–H and O–H groups in total.